The Hall–Kier alpha value is -0.830. The first-order valence-corrected chi connectivity index (χ1v) is 5.97. The Labute approximate surface area is 91.7 Å². The molecule has 15 heavy (non-hydrogen) atoms. The maximum Gasteiger partial charge on any atom is 0.0521 e. The zero-order chi connectivity index (χ0) is 10.8. The number of aromatic nitrogens is 2. The van der Waals surface area contributed by atoms with Crippen molar-refractivity contribution in [3.63, 3.8) is 0 Å². The highest BCUT2D eigenvalue weighted by Crippen LogP contribution is 2.32. The lowest BCUT2D eigenvalue weighted by Crippen LogP contribution is -2.25. The van der Waals surface area contributed by atoms with Crippen LogP contribution in [0.15, 0.2) is 12.4 Å². The van der Waals surface area contributed by atoms with Gasteiger partial charge in [0.15, 0.2) is 0 Å². The summed E-state index contributed by atoms with van der Waals surface area (Å²) in [5, 5.41) is 4.31. The van der Waals surface area contributed by atoms with Crippen molar-refractivity contribution in [3.05, 3.63) is 18.0 Å². The van der Waals surface area contributed by atoms with Crippen molar-refractivity contribution < 1.29 is 0 Å². The van der Waals surface area contributed by atoms with Gasteiger partial charge in [-0.05, 0) is 43.6 Å². The summed E-state index contributed by atoms with van der Waals surface area (Å²) in [5.41, 5.74) is 7.40. The van der Waals surface area contributed by atoms with Crippen LogP contribution in [0.2, 0.25) is 0 Å². The molecule has 1 fully saturated rings. The summed E-state index contributed by atoms with van der Waals surface area (Å²) in [4.78, 5) is 0. The summed E-state index contributed by atoms with van der Waals surface area (Å²) < 4.78 is 1.99. The second-order valence-electron chi connectivity index (χ2n) is 4.77. The number of hydrogen-bond donors (Lipinski definition) is 1. The van der Waals surface area contributed by atoms with Gasteiger partial charge in [0.2, 0.25) is 0 Å². The van der Waals surface area contributed by atoms with Gasteiger partial charge in [0.25, 0.3) is 0 Å². The van der Waals surface area contributed by atoms with E-state index < -0.39 is 0 Å². The first kappa shape index (κ1) is 10.7. The zero-order valence-electron chi connectivity index (χ0n) is 9.69. The van der Waals surface area contributed by atoms with Gasteiger partial charge in [-0.2, -0.15) is 5.10 Å². The summed E-state index contributed by atoms with van der Waals surface area (Å²) >= 11 is 0. The molecule has 3 atom stereocenters. The number of nitrogens with zero attached hydrogens (tertiary/aromatic N) is 2. The highest BCUT2D eigenvalue weighted by atomic mass is 15.3. The number of aryl methyl sites for hydroxylation is 1. The Kier molecular flexibility index (Phi) is 3.10. The fraction of sp³-hybridized carbons (Fsp3) is 0.750. The van der Waals surface area contributed by atoms with Crippen molar-refractivity contribution in [2.24, 2.45) is 17.6 Å². The molecular formula is C12H21N3. The van der Waals surface area contributed by atoms with Gasteiger partial charge < -0.3 is 5.73 Å². The molecule has 3 nitrogen and oxygen atoms in total. The Balaban J connectivity index is 1.97. The first-order valence-electron chi connectivity index (χ1n) is 5.97. The highest BCUT2D eigenvalue weighted by Gasteiger charge is 2.30. The lowest BCUT2D eigenvalue weighted by molar-refractivity contribution is 0.390. The van der Waals surface area contributed by atoms with E-state index in [1.165, 1.54) is 18.4 Å². The maximum absolute atomic E-state index is 6.03. The van der Waals surface area contributed by atoms with Crippen LogP contribution in [-0.4, -0.2) is 15.8 Å². The zero-order valence-corrected chi connectivity index (χ0v) is 9.69. The summed E-state index contributed by atoms with van der Waals surface area (Å²) in [6.45, 7) is 5.36. The van der Waals surface area contributed by atoms with Crippen molar-refractivity contribution in [2.45, 2.75) is 45.7 Å². The minimum absolute atomic E-state index is 0.413. The second kappa shape index (κ2) is 4.35. The van der Waals surface area contributed by atoms with E-state index in [1.54, 1.807) is 0 Å². The Morgan fingerprint density at radius 2 is 2.33 bits per heavy atom. The molecule has 1 aromatic rings. The minimum atomic E-state index is 0.413. The Morgan fingerprint density at radius 1 is 1.53 bits per heavy atom. The molecule has 3 unspecified atom stereocenters. The van der Waals surface area contributed by atoms with E-state index in [9.17, 15) is 0 Å². The van der Waals surface area contributed by atoms with Crippen LogP contribution in [-0.2, 0) is 13.0 Å². The van der Waals surface area contributed by atoms with Crippen LogP contribution in [0, 0.1) is 11.8 Å². The van der Waals surface area contributed by atoms with Crippen LogP contribution in [0.4, 0.5) is 0 Å². The molecule has 1 saturated carbocycles. The van der Waals surface area contributed by atoms with Crippen LogP contribution in [0.1, 0.15) is 32.3 Å². The van der Waals surface area contributed by atoms with Crippen LogP contribution < -0.4 is 5.73 Å². The highest BCUT2D eigenvalue weighted by molar-refractivity contribution is 5.06. The van der Waals surface area contributed by atoms with Gasteiger partial charge in [0, 0.05) is 18.8 Å². The molecule has 0 amide bonds. The quantitative estimate of drug-likeness (QED) is 0.821. The van der Waals surface area contributed by atoms with E-state index in [-0.39, 0.29) is 0 Å². The lowest BCUT2D eigenvalue weighted by atomic mass is 9.91. The monoisotopic (exact) mass is 207 g/mol. The van der Waals surface area contributed by atoms with Gasteiger partial charge in [-0.15, -0.1) is 0 Å². The molecule has 2 rings (SSSR count). The minimum Gasteiger partial charge on any atom is -0.327 e. The van der Waals surface area contributed by atoms with Gasteiger partial charge in [0.05, 0.1) is 6.20 Å². The molecule has 0 radical (unpaired) electrons. The molecule has 0 saturated heterocycles. The van der Waals surface area contributed by atoms with Crippen LogP contribution >= 0.6 is 0 Å². The molecule has 1 aliphatic rings. The Morgan fingerprint density at radius 3 is 2.87 bits per heavy atom. The van der Waals surface area contributed by atoms with Gasteiger partial charge in [-0.3, -0.25) is 4.68 Å². The van der Waals surface area contributed by atoms with E-state index in [1.807, 2.05) is 10.9 Å². The van der Waals surface area contributed by atoms with E-state index in [4.69, 9.17) is 5.73 Å². The first-order chi connectivity index (χ1) is 7.20. The molecule has 1 aromatic heterocycles. The molecule has 2 N–H and O–H groups in total. The van der Waals surface area contributed by atoms with Crippen molar-refractivity contribution in [1.29, 1.82) is 0 Å². The van der Waals surface area contributed by atoms with E-state index in [2.05, 4.69) is 25.1 Å². The molecule has 84 valence electrons. The average Bonchev–Trinajstić information content (AvgIpc) is 2.80. The van der Waals surface area contributed by atoms with Crippen molar-refractivity contribution in [1.82, 2.24) is 9.78 Å². The SMILES string of the molecule is CCn1cc(CC2CCC(N)C2C)cn1. The predicted octanol–water partition coefficient (Wildman–Crippen LogP) is 1.82. The summed E-state index contributed by atoms with van der Waals surface area (Å²) in [6.07, 6.45) is 7.78. The largest absolute Gasteiger partial charge is 0.327 e. The maximum atomic E-state index is 6.03. The van der Waals surface area contributed by atoms with Crippen molar-refractivity contribution in [3.8, 4) is 0 Å². The number of hydrogen-bond acceptors (Lipinski definition) is 2. The summed E-state index contributed by atoms with van der Waals surface area (Å²) in [7, 11) is 0. The van der Waals surface area contributed by atoms with Gasteiger partial charge >= 0.3 is 0 Å². The molecule has 0 aromatic carbocycles. The Bertz CT molecular complexity index is 318. The summed E-state index contributed by atoms with van der Waals surface area (Å²) in [6, 6.07) is 0.413. The standard InChI is InChI=1S/C12H21N3/c1-3-15-8-10(7-14-15)6-11-4-5-12(13)9(11)2/h7-9,11-12H,3-6,13H2,1-2H3. The second-order valence-corrected chi connectivity index (χ2v) is 4.77. The van der Waals surface area contributed by atoms with Crippen LogP contribution in [0.25, 0.3) is 0 Å². The molecule has 1 heterocycles. The number of nitrogens with two attached hydrogens (primary N) is 1. The average molecular weight is 207 g/mol. The van der Waals surface area contributed by atoms with Crippen LogP contribution in [0.5, 0.6) is 0 Å². The lowest BCUT2D eigenvalue weighted by Gasteiger charge is -2.16. The predicted molar refractivity (Wildman–Crippen MR) is 61.5 cm³/mol. The third kappa shape index (κ3) is 2.23. The summed E-state index contributed by atoms with van der Waals surface area (Å²) in [5.74, 6) is 1.42. The number of rotatable bonds is 3. The van der Waals surface area contributed by atoms with Crippen molar-refractivity contribution >= 4 is 0 Å². The van der Waals surface area contributed by atoms with Gasteiger partial charge in [0.1, 0.15) is 0 Å². The smallest absolute Gasteiger partial charge is 0.0521 e. The van der Waals surface area contributed by atoms with Crippen LogP contribution in [0.3, 0.4) is 0 Å². The van der Waals surface area contributed by atoms with E-state index in [0.717, 1.165) is 18.9 Å². The normalized spacial score (nSPS) is 31.0. The third-order valence-electron chi connectivity index (χ3n) is 3.80. The van der Waals surface area contributed by atoms with Gasteiger partial charge in [-0.1, -0.05) is 6.92 Å². The van der Waals surface area contributed by atoms with E-state index >= 15 is 0 Å². The fourth-order valence-corrected chi connectivity index (χ4v) is 2.56. The third-order valence-corrected chi connectivity index (χ3v) is 3.80. The molecular weight excluding hydrogens is 186 g/mol. The van der Waals surface area contributed by atoms with Crippen molar-refractivity contribution in [2.75, 3.05) is 0 Å². The fourth-order valence-electron chi connectivity index (χ4n) is 2.56. The molecule has 0 aliphatic heterocycles. The topological polar surface area (TPSA) is 43.8 Å². The van der Waals surface area contributed by atoms with Gasteiger partial charge in [-0.25, -0.2) is 0 Å². The molecule has 0 spiro atoms. The molecule has 0 bridgehead atoms. The van der Waals surface area contributed by atoms with E-state index in [0.29, 0.717) is 12.0 Å². The molecule has 3 heteroatoms. The molecule has 1 aliphatic carbocycles.